The number of carbonyl (C=O) groups is 1. The van der Waals surface area contributed by atoms with Gasteiger partial charge >= 0.3 is 0 Å². The van der Waals surface area contributed by atoms with Gasteiger partial charge in [0.15, 0.2) is 0 Å². The average molecular weight is 438 g/mol. The molecule has 6 heteroatoms. The summed E-state index contributed by atoms with van der Waals surface area (Å²) >= 11 is 12.1. The zero-order valence-corrected chi connectivity index (χ0v) is 18.2. The van der Waals surface area contributed by atoms with Crippen molar-refractivity contribution in [2.45, 2.75) is 26.4 Å². The van der Waals surface area contributed by atoms with Gasteiger partial charge in [-0.3, -0.25) is 4.79 Å². The second-order valence-corrected chi connectivity index (χ2v) is 8.19. The monoisotopic (exact) mass is 437 g/mol. The summed E-state index contributed by atoms with van der Waals surface area (Å²) in [6.07, 6.45) is 0. The highest BCUT2D eigenvalue weighted by Crippen LogP contribution is 2.25. The molecule has 1 atom stereocenters. The minimum Gasteiger partial charge on any atom is -0.342 e. The molecule has 0 saturated carbocycles. The SMILES string of the molecule is Cc1ccc(Cn2c([C@@H](C)NC(=O)c3ccc(Cl)cc3Cl)nc3ccccc32)cc1. The first-order chi connectivity index (χ1) is 14.4. The smallest absolute Gasteiger partial charge is 0.253 e. The van der Waals surface area contributed by atoms with E-state index in [2.05, 4.69) is 41.1 Å². The third-order valence-electron chi connectivity index (χ3n) is 5.06. The first-order valence-corrected chi connectivity index (χ1v) is 10.4. The fourth-order valence-electron chi connectivity index (χ4n) is 3.48. The van der Waals surface area contributed by atoms with Gasteiger partial charge in [-0.2, -0.15) is 0 Å². The van der Waals surface area contributed by atoms with Crippen LogP contribution in [0.25, 0.3) is 11.0 Å². The molecule has 0 bridgehead atoms. The average Bonchev–Trinajstić information content (AvgIpc) is 3.08. The van der Waals surface area contributed by atoms with Crippen LogP contribution in [0.3, 0.4) is 0 Å². The summed E-state index contributed by atoms with van der Waals surface area (Å²) in [5.41, 5.74) is 4.69. The van der Waals surface area contributed by atoms with Crippen LogP contribution in [0.2, 0.25) is 10.0 Å². The molecular formula is C24H21Cl2N3O. The molecule has 0 aliphatic heterocycles. The van der Waals surface area contributed by atoms with E-state index in [1.54, 1.807) is 18.2 Å². The van der Waals surface area contributed by atoms with Gasteiger partial charge in [0.25, 0.3) is 5.91 Å². The molecule has 0 aliphatic carbocycles. The molecule has 1 amide bonds. The second-order valence-electron chi connectivity index (χ2n) is 7.35. The number of hydrogen-bond acceptors (Lipinski definition) is 2. The Kier molecular flexibility index (Phi) is 5.80. The van der Waals surface area contributed by atoms with Gasteiger partial charge in [-0.05, 0) is 49.7 Å². The molecule has 1 N–H and O–H groups in total. The summed E-state index contributed by atoms with van der Waals surface area (Å²) in [6.45, 7) is 4.66. The van der Waals surface area contributed by atoms with Crippen molar-refractivity contribution in [2.75, 3.05) is 0 Å². The van der Waals surface area contributed by atoms with Gasteiger partial charge < -0.3 is 9.88 Å². The number of nitrogens with one attached hydrogen (secondary N) is 1. The van der Waals surface area contributed by atoms with E-state index in [0.29, 0.717) is 22.2 Å². The maximum absolute atomic E-state index is 12.8. The van der Waals surface area contributed by atoms with Crippen LogP contribution in [-0.2, 0) is 6.54 Å². The van der Waals surface area contributed by atoms with Crippen molar-refractivity contribution in [3.8, 4) is 0 Å². The number of aromatic nitrogens is 2. The summed E-state index contributed by atoms with van der Waals surface area (Å²) in [5.74, 6) is 0.522. The third kappa shape index (κ3) is 4.20. The minimum atomic E-state index is -0.318. The van der Waals surface area contributed by atoms with Crippen LogP contribution in [0, 0.1) is 6.92 Å². The molecule has 0 radical (unpaired) electrons. The maximum Gasteiger partial charge on any atom is 0.253 e. The lowest BCUT2D eigenvalue weighted by molar-refractivity contribution is 0.0938. The van der Waals surface area contributed by atoms with Crippen molar-refractivity contribution in [1.29, 1.82) is 0 Å². The predicted molar refractivity (Wildman–Crippen MR) is 122 cm³/mol. The van der Waals surface area contributed by atoms with E-state index in [4.69, 9.17) is 28.2 Å². The molecule has 1 aromatic heterocycles. The topological polar surface area (TPSA) is 46.9 Å². The molecule has 4 rings (SSSR count). The van der Waals surface area contributed by atoms with E-state index in [0.717, 1.165) is 16.9 Å². The van der Waals surface area contributed by atoms with Gasteiger partial charge in [0, 0.05) is 11.6 Å². The number of halogens is 2. The van der Waals surface area contributed by atoms with Crippen LogP contribution in [0.4, 0.5) is 0 Å². The van der Waals surface area contributed by atoms with Gasteiger partial charge in [0.05, 0.1) is 27.7 Å². The highest BCUT2D eigenvalue weighted by atomic mass is 35.5. The lowest BCUT2D eigenvalue weighted by atomic mass is 10.1. The molecule has 0 saturated heterocycles. The lowest BCUT2D eigenvalue weighted by Crippen LogP contribution is -2.29. The van der Waals surface area contributed by atoms with E-state index >= 15 is 0 Å². The highest BCUT2D eigenvalue weighted by molar-refractivity contribution is 6.36. The summed E-state index contributed by atoms with van der Waals surface area (Å²) in [5, 5.41) is 3.83. The number of hydrogen-bond donors (Lipinski definition) is 1. The molecule has 4 nitrogen and oxygen atoms in total. The number of rotatable bonds is 5. The molecule has 0 spiro atoms. The van der Waals surface area contributed by atoms with E-state index in [1.165, 1.54) is 11.1 Å². The van der Waals surface area contributed by atoms with Crippen molar-refractivity contribution < 1.29 is 4.79 Å². The molecular weight excluding hydrogens is 417 g/mol. The first kappa shape index (κ1) is 20.5. The van der Waals surface area contributed by atoms with Crippen LogP contribution in [0.15, 0.2) is 66.7 Å². The Morgan fingerprint density at radius 3 is 2.53 bits per heavy atom. The molecule has 30 heavy (non-hydrogen) atoms. The van der Waals surface area contributed by atoms with Crippen LogP contribution >= 0.6 is 23.2 Å². The van der Waals surface area contributed by atoms with Crippen molar-refractivity contribution in [1.82, 2.24) is 14.9 Å². The Balaban J connectivity index is 1.67. The Bertz CT molecular complexity index is 1220. The normalized spacial score (nSPS) is 12.1. The molecule has 1 heterocycles. The van der Waals surface area contributed by atoms with Crippen LogP contribution in [-0.4, -0.2) is 15.5 Å². The summed E-state index contributed by atoms with van der Waals surface area (Å²) in [6, 6.07) is 20.9. The molecule has 4 aromatic rings. The van der Waals surface area contributed by atoms with E-state index in [1.807, 2.05) is 31.2 Å². The maximum atomic E-state index is 12.8. The number of fused-ring (bicyclic) bond motifs is 1. The van der Waals surface area contributed by atoms with E-state index in [9.17, 15) is 4.79 Å². The number of carbonyl (C=O) groups excluding carboxylic acids is 1. The van der Waals surface area contributed by atoms with Crippen molar-refractivity contribution in [3.05, 3.63) is 99.3 Å². The van der Waals surface area contributed by atoms with Gasteiger partial charge in [-0.15, -0.1) is 0 Å². The van der Waals surface area contributed by atoms with Crippen molar-refractivity contribution >= 4 is 40.1 Å². The standard InChI is InChI=1S/C24H21Cl2N3O/c1-15-7-9-17(10-8-15)14-29-22-6-4-3-5-21(22)28-23(29)16(2)27-24(30)19-12-11-18(25)13-20(19)26/h3-13,16H,14H2,1-2H3,(H,27,30)/t16-/m1/s1. The van der Waals surface area contributed by atoms with Crippen LogP contribution in [0.1, 0.15) is 40.3 Å². The lowest BCUT2D eigenvalue weighted by Gasteiger charge is -2.17. The summed E-state index contributed by atoms with van der Waals surface area (Å²) < 4.78 is 2.15. The number of nitrogens with zero attached hydrogens (tertiary/aromatic N) is 2. The Hall–Kier alpha value is -2.82. The Labute approximate surface area is 185 Å². The Morgan fingerprint density at radius 2 is 1.80 bits per heavy atom. The highest BCUT2D eigenvalue weighted by Gasteiger charge is 2.20. The molecule has 0 fully saturated rings. The van der Waals surface area contributed by atoms with Crippen LogP contribution in [0.5, 0.6) is 0 Å². The molecule has 3 aromatic carbocycles. The zero-order valence-electron chi connectivity index (χ0n) is 16.7. The quantitative estimate of drug-likeness (QED) is 0.404. The molecule has 0 aliphatic rings. The van der Waals surface area contributed by atoms with Crippen molar-refractivity contribution in [2.24, 2.45) is 0 Å². The predicted octanol–water partition coefficient (Wildman–Crippen LogP) is 6.19. The number of benzene rings is 3. The Morgan fingerprint density at radius 1 is 1.07 bits per heavy atom. The third-order valence-corrected chi connectivity index (χ3v) is 5.60. The minimum absolute atomic E-state index is 0.266. The zero-order chi connectivity index (χ0) is 21.3. The van der Waals surface area contributed by atoms with Gasteiger partial charge in [-0.25, -0.2) is 4.98 Å². The van der Waals surface area contributed by atoms with Gasteiger partial charge in [-0.1, -0.05) is 65.2 Å². The van der Waals surface area contributed by atoms with Crippen molar-refractivity contribution in [3.63, 3.8) is 0 Å². The van der Waals surface area contributed by atoms with E-state index < -0.39 is 0 Å². The number of aryl methyl sites for hydroxylation is 1. The summed E-state index contributed by atoms with van der Waals surface area (Å²) in [4.78, 5) is 17.6. The number of para-hydroxylation sites is 2. The summed E-state index contributed by atoms with van der Waals surface area (Å²) in [7, 11) is 0. The fraction of sp³-hybridized carbons (Fsp3) is 0.167. The van der Waals surface area contributed by atoms with Crippen LogP contribution < -0.4 is 5.32 Å². The van der Waals surface area contributed by atoms with Gasteiger partial charge in [0.2, 0.25) is 0 Å². The number of amides is 1. The number of imidazole rings is 1. The molecule has 0 unspecified atom stereocenters. The van der Waals surface area contributed by atoms with E-state index in [-0.39, 0.29) is 11.9 Å². The largest absolute Gasteiger partial charge is 0.342 e. The molecule has 152 valence electrons. The second kappa shape index (κ2) is 8.50. The fourth-order valence-corrected chi connectivity index (χ4v) is 3.97. The van der Waals surface area contributed by atoms with Gasteiger partial charge in [0.1, 0.15) is 5.82 Å². The first-order valence-electron chi connectivity index (χ1n) is 9.69.